The Morgan fingerprint density at radius 3 is 2.75 bits per heavy atom. The summed E-state index contributed by atoms with van der Waals surface area (Å²) in [7, 11) is 0. The number of alkyl halides is 1. The quantitative estimate of drug-likeness (QED) is 0.635. The van der Waals surface area contributed by atoms with Gasteiger partial charge >= 0.3 is 0 Å². The minimum absolute atomic E-state index is 0.400. The van der Waals surface area contributed by atoms with Gasteiger partial charge in [-0.05, 0) is 51.8 Å². The maximum Gasteiger partial charge on any atom is 0.0701 e. The smallest absolute Gasteiger partial charge is 0.0701 e. The van der Waals surface area contributed by atoms with Crippen molar-refractivity contribution < 1.29 is 0 Å². The maximum atomic E-state index is 3.75. The number of aryl methyl sites for hydroxylation is 1. The molecule has 0 saturated carbocycles. The van der Waals surface area contributed by atoms with E-state index in [-0.39, 0.29) is 0 Å². The fraction of sp³-hybridized carbons (Fsp3) is 0.231. The van der Waals surface area contributed by atoms with Crippen LogP contribution in [-0.4, -0.2) is 0 Å². The van der Waals surface area contributed by atoms with E-state index in [2.05, 4.69) is 74.5 Å². The summed E-state index contributed by atoms with van der Waals surface area (Å²) in [5, 5.41) is 2.19. The third-order valence-corrected chi connectivity index (χ3v) is 4.82. The Balaban J connectivity index is 2.10. The molecule has 1 unspecified atom stereocenters. The molecule has 1 aromatic carbocycles. The average molecular weight is 360 g/mol. The van der Waals surface area contributed by atoms with E-state index in [1.165, 1.54) is 20.5 Å². The monoisotopic (exact) mass is 358 g/mol. The van der Waals surface area contributed by atoms with Gasteiger partial charge in [-0.15, -0.1) is 11.3 Å². The third-order valence-electron chi connectivity index (χ3n) is 2.45. The average Bonchev–Trinajstić information content (AvgIpc) is 2.65. The second-order valence-electron chi connectivity index (χ2n) is 3.84. The molecule has 0 radical (unpaired) electrons. The summed E-state index contributed by atoms with van der Waals surface area (Å²) in [5.74, 6) is 0. The summed E-state index contributed by atoms with van der Waals surface area (Å²) < 4.78 is 1.19. The van der Waals surface area contributed by atoms with Gasteiger partial charge < -0.3 is 0 Å². The summed E-state index contributed by atoms with van der Waals surface area (Å²) in [6, 6.07) is 10.9. The van der Waals surface area contributed by atoms with Crippen molar-refractivity contribution in [2.24, 2.45) is 0 Å². The zero-order valence-electron chi connectivity index (χ0n) is 8.91. The van der Waals surface area contributed by atoms with Crippen LogP contribution >= 0.6 is 43.2 Å². The van der Waals surface area contributed by atoms with Crippen molar-refractivity contribution in [3.05, 3.63) is 56.2 Å². The molecule has 0 aliphatic heterocycles. The van der Waals surface area contributed by atoms with E-state index >= 15 is 0 Å². The summed E-state index contributed by atoms with van der Waals surface area (Å²) in [6.45, 7) is 2.13. The van der Waals surface area contributed by atoms with Crippen molar-refractivity contribution in [3.63, 3.8) is 0 Å². The predicted molar refractivity (Wildman–Crippen MR) is 78.6 cm³/mol. The fourth-order valence-electron chi connectivity index (χ4n) is 1.65. The minimum Gasteiger partial charge on any atom is -0.137 e. The van der Waals surface area contributed by atoms with E-state index < -0.39 is 0 Å². The van der Waals surface area contributed by atoms with E-state index in [0.29, 0.717) is 4.83 Å². The van der Waals surface area contributed by atoms with Crippen LogP contribution in [0.15, 0.2) is 39.5 Å². The summed E-state index contributed by atoms with van der Waals surface area (Å²) in [4.78, 5) is 0.400. The molecule has 0 amide bonds. The van der Waals surface area contributed by atoms with Crippen molar-refractivity contribution >= 4 is 43.2 Å². The number of benzene rings is 1. The molecule has 0 aliphatic rings. The molecule has 1 aromatic heterocycles. The number of hydrogen-bond acceptors (Lipinski definition) is 1. The van der Waals surface area contributed by atoms with Crippen molar-refractivity contribution in [1.29, 1.82) is 0 Å². The second-order valence-corrected chi connectivity index (χ2v) is 7.24. The highest BCUT2D eigenvalue weighted by Crippen LogP contribution is 2.32. The zero-order valence-corrected chi connectivity index (χ0v) is 12.9. The van der Waals surface area contributed by atoms with Crippen LogP contribution in [0.2, 0.25) is 0 Å². The van der Waals surface area contributed by atoms with Gasteiger partial charge in [-0.3, -0.25) is 0 Å². The molecule has 2 aromatic rings. The molecular formula is C13H12Br2S. The van der Waals surface area contributed by atoms with Crippen LogP contribution in [0.3, 0.4) is 0 Å². The first kappa shape index (κ1) is 12.3. The van der Waals surface area contributed by atoms with Gasteiger partial charge in [0.25, 0.3) is 0 Å². The van der Waals surface area contributed by atoms with Crippen LogP contribution in [0.1, 0.15) is 21.5 Å². The summed E-state index contributed by atoms with van der Waals surface area (Å²) >= 11 is 8.97. The topological polar surface area (TPSA) is 0 Å². The Morgan fingerprint density at radius 2 is 2.12 bits per heavy atom. The summed E-state index contributed by atoms with van der Waals surface area (Å²) in [6.07, 6.45) is 1.03. The lowest BCUT2D eigenvalue weighted by Gasteiger charge is -2.08. The van der Waals surface area contributed by atoms with Crippen LogP contribution in [0.5, 0.6) is 0 Å². The molecular weight excluding hydrogens is 348 g/mol. The Bertz CT molecular complexity index is 476. The molecule has 0 N–H and O–H groups in total. The first-order valence-corrected chi connectivity index (χ1v) is 7.67. The molecule has 0 saturated heterocycles. The molecule has 84 valence electrons. The van der Waals surface area contributed by atoms with Crippen LogP contribution in [-0.2, 0) is 6.42 Å². The van der Waals surface area contributed by atoms with Crippen LogP contribution in [0.4, 0.5) is 0 Å². The molecule has 0 nitrogen and oxygen atoms in total. The number of halogens is 2. The molecule has 0 spiro atoms. The highest BCUT2D eigenvalue weighted by Gasteiger charge is 2.10. The lowest BCUT2D eigenvalue weighted by atomic mass is 10.0. The van der Waals surface area contributed by atoms with Crippen LogP contribution < -0.4 is 0 Å². The van der Waals surface area contributed by atoms with Crippen molar-refractivity contribution in [2.45, 2.75) is 18.2 Å². The van der Waals surface area contributed by atoms with Crippen molar-refractivity contribution in [2.75, 3.05) is 0 Å². The van der Waals surface area contributed by atoms with Gasteiger partial charge in [0.05, 0.1) is 3.79 Å². The highest BCUT2D eigenvalue weighted by molar-refractivity contribution is 9.11. The number of hydrogen-bond donors (Lipinski definition) is 0. The van der Waals surface area contributed by atoms with Crippen LogP contribution in [0, 0.1) is 6.92 Å². The van der Waals surface area contributed by atoms with E-state index in [9.17, 15) is 0 Å². The largest absolute Gasteiger partial charge is 0.137 e. The van der Waals surface area contributed by atoms with Gasteiger partial charge in [0.15, 0.2) is 0 Å². The maximum absolute atomic E-state index is 3.75. The molecule has 16 heavy (non-hydrogen) atoms. The van der Waals surface area contributed by atoms with E-state index in [0.717, 1.165) is 6.42 Å². The van der Waals surface area contributed by atoms with Crippen molar-refractivity contribution in [1.82, 2.24) is 0 Å². The normalized spacial score (nSPS) is 12.7. The summed E-state index contributed by atoms with van der Waals surface area (Å²) in [5.41, 5.74) is 4.05. The highest BCUT2D eigenvalue weighted by atomic mass is 79.9. The first-order valence-electron chi connectivity index (χ1n) is 5.08. The van der Waals surface area contributed by atoms with Gasteiger partial charge in [0.2, 0.25) is 0 Å². The fourth-order valence-corrected chi connectivity index (χ4v) is 3.69. The molecule has 1 heterocycles. The Labute approximate surface area is 117 Å². The van der Waals surface area contributed by atoms with E-state index in [4.69, 9.17) is 0 Å². The van der Waals surface area contributed by atoms with Gasteiger partial charge in [-0.1, -0.05) is 45.8 Å². The number of thiophene rings is 1. The Morgan fingerprint density at radius 1 is 1.31 bits per heavy atom. The molecule has 0 aliphatic carbocycles. The molecule has 3 heteroatoms. The third kappa shape index (κ3) is 3.19. The molecule has 1 atom stereocenters. The number of rotatable bonds is 3. The van der Waals surface area contributed by atoms with Gasteiger partial charge in [-0.2, -0.15) is 0 Å². The molecule has 0 fully saturated rings. The van der Waals surface area contributed by atoms with Gasteiger partial charge in [0, 0.05) is 4.83 Å². The minimum atomic E-state index is 0.400. The first-order chi connectivity index (χ1) is 7.65. The van der Waals surface area contributed by atoms with Crippen molar-refractivity contribution in [3.8, 4) is 0 Å². The molecule has 0 bridgehead atoms. The Kier molecular flexibility index (Phi) is 4.22. The molecule has 2 rings (SSSR count). The van der Waals surface area contributed by atoms with E-state index in [1.807, 2.05) is 0 Å². The predicted octanol–water partition coefficient (Wildman–Crippen LogP) is 5.50. The standard InChI is InChI=1S/C13H12Br2S/c1-9-3-2-4-10(5-9)6-12(14)11-7-13(15)16-8-11/h2-5,7-8,12H,6H2,1H3. The lowest BCUT2D eigenvalue weighted by Crippen LogP contribution is -1.93. The Hall–Kier alpha value is -0.120. The van der Waals surface area contributed by atoms with Crippen LogP contribution in [0.25, 0.3) is 0 Å². The zero-order chi connectivity index (χ0) is 11.5. The van der Waals surface area contributed by atoms with E-state index in [1.54, 1.807) is 11.3 Å². The second kappa shape index (κ2) is 5.48. The SMILES string of the molecule is Cc1cccc(CC(Br)c2csc(Br)c2)c1. The van der Waals surface area contributed by atoms with Gasteiger partial charge in [0.1, 0.15) is 0 Å². The lowest BCUT2D eigenvalue weighted by molar-refractivity contribution is 0.952. The van der Waals surface area contributed by atoms with Gasteiger partial charge in [-0.25, -0.2) is 0 Å².